The molecule has 0 spiro atoms. The average molecular weight is 541 g/mol. The van der Waals surface area contributed by atoms with Gasteiger partial charge in [0.25, 0.3) is 11.1 Å². The second kappa shape index (κ2) is 10.5. The molecule has 3 rings (SSSR count). The van der Waals surface area contributed by atoms with Crippen LogP contribution in [-0.2, 0) is 11.4 Å². The third-order valence-corrected chi connectivity index (χ3v) is 6.36. The van der Waals surface area contributed by atoms with E-state index in [1.54, 1.807) is 30.3 Å². The predicted molar refractivity (Wildman–Crippen MR) is 128 cm³/mol. The van der Waals surface area contributed by atoms with E-state index in [4.69, 9.17) is 39.1 Å². The molecular weight excluding hydrogens is 525 g/mol. The first-order valence-corrected chi connectivity index (χ1v) is 11.4. The predicted octanol–water partition coefficient (Wildman–Crippen LogP) is 6.40. The van der Waals surface area contributed by atoms with Gasteiger partial charge in [-0.2, -0.15) is 0 Å². The van der Waals surface area contributed by atoms with Crippen molar-refractivity contribution in [2.24, 2.45) is 0 Å². The minimum Gasteiger partial charge on any atom is -0.490 e. The Kier molecular flexibility index (Phi) is 7.95. The van der Waals surface area contributed by atoms with Gasteiger partial charge in [0.15, 0.2) is 11.5 Å². The van der Waals surface area contributed by atoms with Crippen molar-refractivity contribution in [3.8, 4) is 23.8 Å². The van der Waals surface area contributed by atoms with Crippen molar-refractivity contribution >= 4 is 68.1 Å². The van der Waals surface area contributed by atoms with E-state index >= 15 is 0 Å². The molecule has 0 unspecified atom stereocenters. The topological polar surface area (TPSA) is 55.8 Å². The number of carbonyl (C=O) groups excluding carboxylic acids is 2. The number of nitrogens with zero attached hydrogens (tertiary/aromatic N) is 1. The summed E-state index contributed by atoms with van der Waals surface area (Å²) in [6, 6.07) is 8.79. The molecule has 0 atom stereocenters. The molecule has 5 nitrogen and oxygen atoms in total. The Morgan fingerprint density at radius 2 is 1.97 bits per heavy atom. The molecule has 0 aromatic heterocycles. The molecule has 31 heavy (non-hydrogen) atoms. The highest BCUT2D eigenvalue weighted by atomic mass is 79.9. The van der Waals surface area contributed by atoms with Crippen molar-refractivity contribution in [1.29, 1.82) is 0 Å². The van der Waals surface area contributed by atoms with E-state index in [0.29, 0.717) is 43.1 Å². The molecule has 1 aliphatic heterocycles. The van der Waals surface area contributed by atoms with Crippen LogP contribution in [0.25, 0.3) is 6.08 Å². The summed E-state index contributed by atoms with van der Waals surface area (Å²) >= 11 is 16.4. The highest BCUT2D eigenvalue weighted by molar-refractivity contribution is 9.10. The number of halogens is 3. The zero-order valence-electron chi connectivity index (χ0n) is 16.3. The minimum atomic E-state index is -0.415. The lowest BCUT2D eigenvalue weighted by Crippen LogP contribution is -2.28. The quantitative estimate of drug-likeness (QED) is 0.300. The first-order valence-electron chi connectivity index (χ1n) is 9.06. The van der Waals surface area contributed by atoms with Gasteiger partial charge in [0.05, 0.1) is 32.6 Å². The second-order valence-corrected chi connectivity index (χ2v) is 8.93. The summed E-state index contributed by atoms with van der Waals surface area (Å²) in [6.45, 7) is 2.46. The van der Waals surface area contributed by atoms with Crippen LogP contribution >= 0.6 is 50.9 Å². The molecule has 0 aliphatic carbocycles. The van der Waals surface area contributed by atoms with E-state index in [0.717, 1.165) is 22.2 Å². The molecular formula is C22H16BrCl2NO4S. The smallest absolute Gasteiger partial charge is 0.294 e. The molecule has 1 fully saturated rings. The number of hydrogen-bond acceptors (Lipinski definition) is 5. The zero-order chi connectivity index (χ0) is 22.5. The van der Waals surface area contributed by atoms with E-state index in [1.807, 2.05) is 13.0 Å². The maximum Gasteiger partial charge on any atom is 0.294 e. The van der Waals surface area contributed by atoms with Gasteiger partial charge in [0, 0.05) is 0 Å². The Morgan fingerprint density at radius 1 is 1.19 bits per heavy atom. The van der Waals surface area contributed by atoms with Crippen LogP contribution in [0.5, 0.6) is 11.5 Å². The van der Waals surface area contributed by atoms with Gasteiger partial charge in [-0.1, -0.05) is 35.2 Å². The fourth-order valence-electron chi connectivity index (χ4n) is 2.74. The van der Waals surface area contributed by atoms with Crippen LogP contribution in [-0.4, -0.2) is 29.2 Å². The number of carbonyl (C=O) groups is 2. The monoisotopic (exact) mass is 539 g/mol. The molecule has 0 bridgehead atoms. The summed E-state index contributed by atoms with van der Waals surface area (Å²) in [6.07, 6.45) is 6.85. The first kappa shape index (κ1) is 23.6. The number of imide groups is 1. The van der Waals surface area contributed by atoms with Crippen LogP contribution < -0.4 is 9.47 Å². The lowest BCUT2D eigenvalue weighted by Gasteiger charge is -2.15. The fraction of sp³-hybridized carbons (Fsp3) is 0.182. The molecule has 1 saturated heterocycles. The molecule has 2 aromatic carbocycles. The van der Waals surface area contributed by atoms with E-state index in [9.17, 15) is 9.59 Å². The average Bonchev–Trinajstić information content (AvgIpc) is 2.98. The van der Waals surface area contributed by atoms with Gasteiger partial charge in [-0.3, -0.25) is 14.5 Å². The van der Waals surface area contributed by atoms with Crippen molar-refractivity contribution < 1.29 is 19.1 Å². The van der Waals surface area contributed by atoms with Crippen molar-refractivity contribution in [1.82, 2.24) is 4.90 Å². The lowest BCUT2D eigenvalue weighted by atomic mass is 10.1. The Balaban J connectivity index is 1.86. The summed E-state index contributed by atoms with van der Waals surface area (Å²) in [5, 5.41) is 0.526. The van der Waals surface area contributed by atoms with Crippen LogP contribution in [0.3, 0.4) is 0 Å². The summed E-state index contributed by atoms with van der Waals surface area (Å²) < 4.78 is 12.3. The van der Waals surface area contributed by atoms with Gasteiger partial charge in [-0.25, -0.2) is 0 Å². The van der Waals surface area contributed by atoms with Crippen molar-refractivity contribution in [2.75, 3.05) is 13.2 Å². The van der Waals surface area contributed by atoms with Gasteiger partial charge in [-0.05, 0) is 76.1 Å². The van der Waals surface area contributed by atoms with E-state index in [2.05, 4.69) is 21.9 Å². The van der Waals surface area contributed by atoms with Gasteiger partial charge in [0.1, 0.15) is 6.61 Å². The van der Waals surface area contributed by atoms with Gasteiger partial charge in [0.2, 0.25) is 0 Å². The maximum absolute atomic E-state index is 12.4. The standard InChI is InChI=1S/C22H16BrCl2NO4S/c1-3-7-26-21(27)19(31-22(26)28)11-14-8-15(23)20(18(10-14)29-4-2)30-12-13-5-6-16(24)17(25)9-13/h1,5-6,8-11H,4,7,12H2,2H3/b19-11+. The van der Waals surface area contributed by atoms with Gasteiger partial charge >= 0.3 is 0 Å². The fourth-order valence-corrected chi connectivity index (χ4v) is 4.47. The van der Waals surface area contributed by atoms with Crippen molar-refractivity contribution in [3.63, 3.8) is 0 Å². The van der Waals surface area contributed by atoms with E-state index in [1.165, 1.54) is 0 Å². The highest BCUT2D eigenvalue weighted by Crippen LogP contribution is 2.40. The van der Waals surface area contributed by atoms with Crippen LogP contribution in [0.2, 0.25) is 10.0 Å². The normalized spacial score (nSPS) is 14.8. The Bertz CT molecular complexity index is 1110. The van der Waals surface area contributed by atoms with E-state index < -0.39 is 5.91 Å². The molecule has 2 amide bonds. The van der Waals surface area contributed by atoms with Crippen LogP contribution in [0, 0.1) is 12.3 Å². The van der Waals surface area contributed by atoms with Crippen LogP contribution in [0.1, 0.15) is 18.1 Å². The Hall–Kier alpha value is -2.11. The lowest BCUT2D eigenvalue weighted by molar-refractivity contribution is -0.122. The number of ether oxygens (including phenoxy) is 2. The molecule has 0 N–H and O–H groups in total. The number of rotatable bonds is 7. The molecule has 1 aliphatic rings. The largest absolute Gasteiger partial charge is 0.490 e. The summed E-state index contributed by atoms with van der Waals surface area (Å²) in [7, 11) is 0. The van der Waals surface area contributed by atoms with Crippen molar-refractivity contribution in [3.05, 3.63) is 60.9 Å². The number of benzene rings is 2. The summed E-state index contributed by atoms with van der Waals surface area (Å²) in [5.41, 5.74) is 1.51. The van der Waals surface area contributed by atoms with Crippen molar-refractivity contribution in [2.45, 2.75) is 13.5 Å². The zero-order valence-corrected chi connectivity index (χ0v) is 20.2. The molecule has 0 radical (unpaired) electrons. The number of thioether (sulfide) groups is 1. The van der Waals surface area contributed by atoms with Crippen LogP contribution in [0.4, 0.5) is 4.79 Å². The second-order valence-electron chi connectivity index (χ2n) is 6.27. The van der Waals surface area contributed by atoms with Gasteiger partial charge in [-0.15, -0.1) is 6.42 Å². The molecule has 9 heteroatoms. The number of amides is 2. The maximum atomic E-state index is 12.4. The van der Waals surface area contributed by atoms with Gasteiger partial charge < -0.3 is 9.47 Å². The third kappa shape index (κ3) is 5.58. The Morgan fingerprint density at radius 3 is 2.65 bits per heavy atom. The molecule has 160 valence electrons. The SMILES string of the molecule is C#CCN1C(=O)S/C(=C/c2cc(Br)c(OCc3ccc(Cl)c(Cl)c3)c(OCC)c2)C1=O. The minimum absolute atomic E-state index is 0.0581. The summed E-state index contributed by atoms with van der Waals surface area (Å²) in [5.74, 6) is 2.90. The molecule has 1 heterocycles. The number of terminal acetylenes is 1. The molecule has 0 saturated carbocycles. The highest BCUT2D eigenvalue weighted by Gasteiger charge is 2.34. The summed E-state index contributed by atoms with van der Waals surface area (Å²) in [4.78, 5) is 25.7. The number of hydrogen-bond donors (Lipinski definition) is 0. The first-order chi connectivity index (χ1) is 14.8. The third-order valence-electron chi connectivity index (χ3n) is 4.12. The Labute approximate surface area is 202 Å². The molecule has 2 aromatic rings. The van der Waals surface area contributed by atoms with E-state index in [-0.39, 0.29) is 18.4 Å². The van der Waals surface area contributed by atoms with Crippen LogP contribution in [0.15, 0.2) is 39.7 Å².